The molecular weight excluding hydrogens is 364 g/mol. The number of unbranched alkanes of at least 4 members (excludes halogenated alkanes) is 20. The van der Waals surface area contributed by atoms with Gasteiger partial charge in [0.25, 0.3) is 0 Å². The molecule has 0 aliphatic carbocycles. The summed E-state index contributed by atoms with van der Waals surface area (Å²) >= 11 is 0. The van der Waals surface area contributed by atoms with Crippen LogP contribution in [0.4, 0.5) is 0 Å². The first-order valence-corrected chi connectivity index (χ1v) is 14.4. The van der Waals surface area contributed by atoms with Crippen LogP contribution >= 0.6 is 0 Å². The van der Waals surface area contributed by atoms with E-state index in [0.29, 0.717) is 5.92 Å². The molecule has 0 radical (unpaired) electrons. The lowest BCUT2D eigenvalue weighted by atomic mass is 9.93. The lowest BCUT2D eigenvalue weighted by Gasteiger charge is -2.18. The lowest BCUT2D eigenvalue weighted by Crippen LogP contribution is -2.17. The number of rotatable bonds is 25. The maximum atomic E-state index is 10.4. The molecule has 0 aliphatic heterocycles. The molecule has 2 atom stereocenters. The molecule has 0 aliphatic rings. The molecule has 0 saturated heterocycles. The molecule has 1 heteroatoms. The Hall–Kier alpha value is -0.0400. The van der Waals surface area contributed by atoms with Gasteiger partial charge in [-0.3, -0.25) is 0 Å². The number of aliphatic hydroxyl groups excluding tert-OH is 1. The minimum Gasteiger partial charge on any atom is -0.393 e. The van der Waals surface area contributed by atoms with Gasteiger partial charge in [0.15, 0.2) is 0 Å². The summed E-state index contributed by atoms with van der Waals surface area (Å²) in [5, 5.41) is 10.4. The molecule has 0 amide bonds. The van der Waals surface area contributed by atoms with Crippen molar-refractivity contribution in [1.82, 2.24) is 0 Å². The minimum atomic E-state index is -0.0632. The second kappa shape index (κ2) is 25.2. The molecule has 0 spiro atoms. The van der Waals surface area contributed by atoms with Gasteiger partial charge in [-0.1, -0.05) is 162 Å². The highest BCUT2D eigenvalue weighted by Gasteiger charge is 2.13. The van der Waals surface area contributed by atoms with Gasteiger partial charge < -0.3 is 5.11 Å². The zero-order chi connectivity index (χ0) is 22.1. The smallest absolute Gasteiger partial charge is 0.0565 e. The number of hydrogen-bond acceptors (Lipinski definition) is 1. The summed E-state index contributed by atoms with van der Waals surface area (Å²) in [5.74, 6) is 0.492. The zero-order valence-corrected chi connectivity index (χ0v) is 21.6. The van der Waals surface area contributed by atoms with Crippen molar-refractivity contribution < 1.29 is 5.11 Å². The first-order valence-electron chi connectivity index (χ1n) is 14.4. The van der Waals surface area contributed by atoms with Gasteiger partial charge in [0.1, 0.15) is 0 Å². The van der Waals surface area contributed by atoms with Crippen LogP contribution in [0.2, 0.25) is 0 Å². The van der Waals surface area contributed by atoms with E-state index < -0.39 is 0 Å². The molecule has 0 saturated carbocycles. The number of hydrogen-bond donors (Lipinski definition) is 1. The van der Waals surface area contributed by atoms with Gasteiger partial charge >= 0.3 is 0 Å². The van der Waals surface area contributed by atoms with E-state index in [-0.39, 0.29) is 6.10 Å². The van der Waals surface area contributed by atoms with Gasteiger partial charge in [0.05, 0.1) is 6.10 Å². The SMILES string of the molecule is CCCCCCCCCCCCCCC(C)C(O)CCCCCCCCCCCC. The topological polar surface area (TPSA) is 20.2 Å². The summed E-state index contributed by atoms with van der Waals surface area (Å²) < 4.78 is 0. The second-order valence-corrected chi connectivity index (χ2v) is 10.2. The summed E-state index contributed by atoms with van der Waals surface area (Å²) in [7, 11) is 0. The minimum absolute atomic E-state index is 0.0632. The predicted octanol–water partition coefficient (Wildman–Crippen LogP) is 10.4. The van der Waals surface area contributed by atoms with Crippen molar-refractivity contribution in [2.75, 3.05) is 0 Å². The molecular formula is C29H60O. The Morgan fingerprint density at radius 1 is 0.400 bits per heavy atom. The van der Waals surface area contributed by atoms with Crippen LogP contribution in [0.25, 0.3) is 0 Å². The van der Waals surface area contributed by atoms with Crippen molar-refractivity contribution in [3.05, 3.63) is 0 Å². The van der Waals surface area contributed by atoms with Crippen molar-refractivity contribution >= 4 is 0 Å². The third-order valence-electron chi connectivity index (χ3n) is 7.02. The fourth-order valence-electron chi connectivity index (χ4n) is 4.63. The van der Waals surface area contributed by atoms with Crippen LogP contribution in [-0.4, -0.2) is 11.2 Å². The second-order valence-electron chi connectivity index (χ2n) is 10.2. The summed E-state index contributed by atoms with van der Waals surface area (Å²) in [6.45, 7) is 6.84. The average molecular weight is 425 g/mol. The van der Waals surface area contributed by atoms with Gasteiger partial charge in [0, 0.05) is 0 Å². The Labute approximate surface area is 192 Å². The Balaban J connectivity index is 3.29. The van der Waals surface area contributed by atoms with E-state index in [9.17, 15) is 5.11 Å². The first-order chi connectivity index (χ1) is 14.7. The fraction of sp³-hybridized carbons (Fsp3) is 1.00. The standard InChI is InChI=1S/C29H60O/c1-4-6-8-10-12-14-16-17-18-20-22-24-26-28(3)29(30)27-25-23-21-19-15-13-11-9-7-5-2/h28-30H,4-27H2,1-3H3. The Bertz CT molecular complexity index is 301. The highest BCUT2D eigenvalue weighted by Crippen LogP contribution is 2.20. The van der Waals surface area contributed by atoms with Crippen molar-refractivity contribution in [3.63, 3.8) is 0 Å². The van der Waals surface area contributed by atoms with Gasteiger partial charge in [-0.05, 0) is 18.8 Å². The van der Waals surface area contributed by atoms with Crippen molar-refractivity contribution in [2.45, 2.75) is 181 Å². The molecule has 0 rings (SSSR count). The third kappa shape index (κ3) is 22.6. The Morgan fingerprint density at radius 3 is 1.00 bits per heavy atom. The molecule has 0 aromatic rings. The van der Waals surface area contributed by atoms with E-state index in [1.807, 2.05) is 0 Å². The van der Waals surface area contributed by atoms with E-state index in [0.717, 1.165) is 6.42 Å². The molecule has 182 valence electrons. The van der Waals surface area contributed by atoms with Crippen LogP contribution in [0.1, 0.15) is 175 Å². The van der Waals surface area contributed by atoms with Crippen molar-refractivity contribution in [3.8, 4) is 0 Å². The molecule has 0 fully saturated rings. The normalized spacial score (nSPS) is 13.6. The van der Waals surface area contributed by atoms with Gasteiger partial charge in [0.2, 0.25) is 0 Å². The molecule has 0 aromatic heterocycles. The largest absolute Gasteiger partial charge is 0.393 e. The van der Waals surface area contributed by atoms with Crippen LogP contribution in [0, 0.1) is 5.92 Å². The number of aliphatic hydroxyl groups is 1. The summed E-state index contributed by atoms with van der Waals surface area (Å²) in [6.07, 6.45) is 32.9. The fourth-order valence-corrected chi connectivity index (χ4v) is 4.63. The van der Waals surface area contributed by atoms with Crippen molar-refractivity contribution in [1.29, 1.82) is 0 Å². The first kappa shape index (κ1) is 30.0. The van der Waals surface area contributed by atoms with Crippen molar-refractivity contribution in [2.24, 2.45) is 5.92 Å². The van der Waals surface area contributed by atoms with Crippen LogP contribution in [-0.2, 0) is 0 Å². The monoisotopic (exact) mass is 424 g/mol. The molecule has 0 aromatic carbocycles. The highest BCUT2D eigenvalue weighted by molar-refractivity contribution is 4.65. The van der Waals surface area contributed by atoms with Crippen LogP contribution in [0.5, 0.6) is 0 Å². The maximum Gasteiger partial charge on any atom is 0.0565 e. The van der Waals surface area contributed by atoms with Crippen LogP contribution < -0.4 is 0 Å². The van der Waals surface area contributed by atoms with Gasteiger partial charge in [-0.2, -0.15) is 0 Å². The van der Waals surface area contributed by atoms with Crippen LogP contribution in [0.15, 0.2) is 0 Å². The third-order valence-corrected chi connectivity index (χ3v) is 7.02. The predicted molar refractivity (Wildman–Crippen MR) is 137 cm³/mol. The van der Waals surface area contributed by atoms with E-state index in [4.69, 9.17) is 0 Å². The highest BCUT2D eigenvalue weighted by atomic mass is 16.3. The molecule has 0 heterocycles. The van der Waals surface area contributed by atoms with Crippen LogP contribution in [0.3, 0.4) is 0 Å². The van der Waals surface area contributed by atoms with E-state index >= 15 is 0 Å². The summed E-state index contributed by atoms with van der Waals surface area (Å²) in [6, 6.07) is 0. The van der Waals surface area contributed by atoms with Gasteiger partial charge in [-0.15, -0.1) is 0 Å². The lowest BCUT2D eigenvalue weighted by molar-refractivity contribution is 0.0985. The molecule has 1 nitrogen and oxygen atoms in total. The van der Waals surface area contributed by atoms with E-state index in [1.165, 1.54) is 148 Å². The Kier molecular flexibility index (Phi) is 25.2. The molecule has 30 heavy (non-hydrogen) atoms. The Morgan fingerprint density at radius 2 is 0.667 bits per heavy atom. The quantitative estimate of drug-likeness (QED) is 0.144. The van der Waals surface area contributed by atoms with Gasteiger partial charge in [-0.25, -0.2) is 0 Å². The summed E-state index contributed by atoms with van der Waals surface area (Å²) in [4.78, 5) is 0. The average Bonchev–Trinajstić information content (AvgIpc) is 2.75. The molecule has 2 unspecified atom stereocenters. The molecule has 0 bridgehead atoms. The zero-order valence-electron chi connectivity index (χ0n) is 21.6. The summed E-state index contributed by atoms with van der Waals surface area (Å²) in [5.41, 5.74) is 0. The van der Waals surface area contributed by atoms with E-state index in [1.54, 1.807) is 0 Å². The maximum absolute atomic E-state index is 10.4. The molecule has 1 N–H and O–H groups in total. The van der Waals surface area contributed by atoms with E-state index in [2.05, 4.69) is 20.8 Å².